The third-order valence-electron chi connectivity index (χ3n) is 5.20. The first-order chi connectivity index (χ1) is 14.4. The van der Waals surface area contributed by atoms with Crippen molar-refractivity contribution in [2.45, 2.75) is 38.5 Å². The maximum atomic E-state index is 12.9. The van der Waals surface area contributed by atoms with Gasteiger partial charge in [0.2, 0.25) is 0 Å². The van der Waals surface area contributed by atoms with E-state index < -0.39 is 20.5 Å². The maximum Gasteiger partial charge on any atom is 0.264 e. The summed E-state index contributed by atoms with van der Waals surface area (Å²) in [6.45, 7) is 8.94. The van der Waals surface area contributed by atoms with E-state index in [4.69, 9.17) is 5.21 Å². The van der Waals surface area contributed by atoms with Gasteiger partial charge in [0.25, 0.3) is 11.5 Å². The van der Waals surface area contributed by atoms with Gasteiger partial charge < -0.3 is 0 Å². The zero-order valence-corrected chi connectivity index (χ0v) is 18.9. The van der Waals surface area contributed by atoms with E-state index in [1.165, 1.54) is 23.3 Å². The number of hydroxylamine groups is 1. The second-order valence-electron chi connectivity index (χ2n) is 7.74. The lowest BCUT2D eigenvalue weighted by molar-refractivity contribution is -0.131. The number of hydrogen-bond acceptors (Lipinski definition) is 6. The van der Waals surface area contributed by atoms with E-state index in [1.54, 1.807) is 24.3 Å². The lowest BCUT2D eigenvalue weighted by Crippen LogP contribution is -2.50. The summed E-state index contributed by atoms with van der Waals surface area (Å²) >= 11 is 0. The summed E-state index contributed by atoms with van der Waals surface area (Å²) in [5, 5.41) is 9.29. The van der Waals surface area contributed by atoms with Crippen LogP contribution in [0.1, 0.15) is 32.8 Å². The summed E-state index contributed by atoms with van der Waals surface area (Å²) in [6.07, 6.45) is 7.64. The largest absolute Gasteiger partial charge is 0.299 e. The van der Waals surface area contributed by atoms with Crippen LogP contribution < -0.4 is 11.0 Å². The third kappa shape index (κ3) is 5.18. The van der Waals surface area contributed by atoms with Crippen molar-refractivity contribution in [1.29, 1.82) is 0 Å². The molecule has 2 N–H and O–H groups in total. The molecule has 0 aliphatic carbocycles. The molecular formula is C22H27N3O5S. The quantitative estimate of drug-likeness (QED) is 0.366. The number of hydrogen-bond donors (Lipinski definition) is 2. The van der Waals surface area contributed by atoms with Crippen LogP contribution in [0.15, 0.2) is 59.7 Å². The fourth-order valence-corrected chi connectivity index (χ4v) is 3.80. The summed E-state index contributed by atoms with van der Waals surface area (Å²) in [5.74, 6) is -1.05. The van der Waals surface area contributed by atoms with E-state index in [9.17, 15) is 18.0 Å². The third-order valence-corrected chi connectivity index (χ3v) is 7.23. The van der Waals surface area contributed by atoms with E-state index in [1.807, 2.05) is 26.0 Å². The number of benzene rings is 1. The summed E-state index contributed by atoms with van der Waals surface area (Å²) < 4.78 is 23.6. The molecule has 0 saturated carbocycles. The summed E-state index contributed by atoms with van der Waals surface area (Å²) in [6, 6.07) is 5.24. The number of rotatable bonds is 8. The molecule has 31 heavy (non-hydrogen) atoms. The van der Waals surface area contributed by atoms with Gasteiger partial charge in [-0.1, -0.05) is 36.4 Å². The molecule has 2 aromatic rings. The Bertz CT molecular complexity index is 1240. The van der Waals surface area contributed by atoms with Crippen LogP contribution in [-0.2, 0) is 21.2 Å². The lowest BCUT2D eigenvalue weighted by atomic mass is 10.0. The minimum atomic E-state index is -3.86. The molecule has 0 unspecified atom stereocenters. The van der Waals surface area contributed by atoms with Crippen molar-refractivity contribution in [2.75, 3.05) is 6.26 Å². The van der Waals surface area contributed by atoms with Crippen LogP contribution in [0, 0.1) is 0 Å². The topological polar surface area (TPSA) is 118 Å². The van der Waals surface area contributed by atoms with Crippen molar-refractivity contribution >= 4 is 32.2 Å². The van der Waals surface area contributed by atoms with Crippen LogP contribution in [0.5, 0.6) is 0 Å². The fourth-order valence-electron chi connectivity index (χ4n) is 2.96. The monoisotopic (exact) mass is 445 g/mol. The van der Waals surface area contributed by atoms with Gasteiger partial charge in [0.15, 0.2) is 14.6 Å². The number of aryl methyl sites for hydroxylation is 1. The molecule has 0 aliphatic heterocycles. The van der Waals surface area contributed by atoms with Crippen molar-refractivity contribution < 1.29 is 18.4 Å². The Kier molecular flexibility index (Phi) is 7.35. The Balaban J connectivity index is 2.43. The number of nitrogens with zero attached hydrogens (tertiary/aromatic N) is 2. The highest BCUT2D eigenvalue weighted by molar-refractivity contribution is 7.92. The molecule has 1 amide bonds. The van der Waals surface area contributed by atoms with Crippen LogP contribution in [0.25, 0.3) is 16.5 Å². The highest BCUT2D eigenvalue weighted by Gasteiger charge is 2.43. The van der Waals surface area contributed by atoms with Crippen LogP contribution in [0.2, 0.25) is 0 Å². The highest BCUT2D eigenvalue weighted by atomic mass is 32.2. The van der Waals surface area contributed by atoms with E-state index in [2.05, 4.69) is 11.6 Å². The predicted molar refractivity (Wildman–Crippen MR) is 121 cm³/mol. The summed E-state index contributed by atoms with van der Waals surface area (Å²) in [5.41, 5.74) is 4.40. The average Bonchev–Trinajstić information content (AvgIpc) is 2.71. The number of nitrogens with one attached hydrogen (secondary N) is 1. The van der Waals surface area contributed by atoms with E-state index in [0.29, 0.717) is 10.9 Å². The zero-order chi connectivity index (χ0) is 23.4. The molecule has 1 heterocycles. The van der Waals surface area contributed by atoms with Crippen molar-refractivity contribution in [2.24, 2.45) is 0 Å². The number of aromatic nitrogens is 2. The molecule has 1 aromatic carbocycles. The number of carbonyl (C=O) groups is 1. The van der Waals surface area contributed by atoms with Gasteiger partial charge in [0, 0.05) is 12.8 Å². The first kappa shape index (κ1) is 24.2. The molecule has 0 fully saturated rings. The Morgan fingerprint density at radius 1 is 1.32 bits per heavy atom. The average molecular weight is 446 g/mol. The summed E-state index contributed by atoms with van der Waals surface area (Å²) in [4.78, 5) is 29.2. The molecule has 0 bridgehead atoms. The predicted octanol–water partition coefficient (Wildman–Crippen LogP) is 2.63. The minimum absolute atomic E-state index is 0.0705. The van der Waals surface area contributed by atoms with Crippen molar-refractivity contribution in [3.63, 3.8) is 0 Å². The van der Waals surface area contributed by atoms with Gasteiger partial charge in [-0.05, 0) is 50.5 Å². The number of amides is 1. The van der Waals surface area contributed by atoms with E-state index in [-0.39, 0.29) is 18.5 Å². The van der Waals surface area contributed by atoms with Gasteiger partial charge >= 0.3 is 0 Å². The smallest absolute Gasteiger partial charge is 0.264 e. The van der Waals surface area contributed by atoms with Crippen molar-refractivity contribution in [1.82, 2.24) is 15.0 Å². The number of carbonyl (C=O) groups excluding carboxylic acids is 1. The van der Waals surface area contributed by atoms with Gasteiger partial charge in [0.05, 0.1) is 17.2 Å². The first-order valence-corrected chi connectivity index (χ1v) is 11.4. The number of fused-ring (bicyclic) bond motifs is 1. The molecule has 1 aromatic heterocycles. The zero-order valence-electron chi connectivity index (χ0n) is 18.0. The molecule has 8 nitrogen and oxygen atoms in total. The molecule has 166 valence electrons. The maximum absolute atomic E-state index is 12.9. The van der Waals surface area contributed by atoms with E-state index >= 15 is 0 Å². The molecule has 9 heteroatoms. The fraction of sp³-hybridized carbons (Fsp3) is 0.318. The summed E-state index contributed by atoms with van der Waals surface area (Å²) in [7, 11) is -3.86. The van der Waals surface area contributed by atoms with Crippen LogP contribution in [-0.4, -0.2) is 40.1 Å². The number of allylic oxidation sites excluding steroid dienone is 5. The first-order valence-electron chi connectivity index (χ1n) is 9.56. The van der Waals surface area contributed by atoms with Crippen LogP contribution in [0.4, 0.5) is 0 Å². The minimum Gasteiger partial charge on any atom is -0.299 e. The Morgan fingerprint density at radius 3 is 2.55 bits per heavy atom. The molecule has 1 atom stereocenters. The Hall–Kier alpha value is -3.04. The van der Waals surface area contributed by atoms with Crippen molar-refractivity contribution in [3.05, 3.63) is 70.8 Å². The van der Waals surface area contributed by atoms with Crippen LogP contribution >= 0.6 is 0 Å². The molecule has 0 aliphatic rings. The highest BCUT2D eigenvalue weighted by Crippen LogP contribution is 2.23. The molecule has 0 radical (unpaired) electrons. The van der Waals surface area contributed by atoms with Gasteiger partial charge in [-0.3, -0.25) is 19.4 Å². The molecule has 0 saturated heterocycles. The van der Waals surface area contributed by atoms with Gasteiger partial charge in [-0.25, -0.2) is 18.9 Å². The molecule has 2 rings (SSSR count). The standard InChI is InChI=1S/C22H27N3O5S/c1-6-16(8-7-15(2)3)17-9-10-18-19(13-17)23-14-25(20(18)26)12-11-22(4,21(27)24-28)31(5,29)30/h6-10,13-14,28H,1,11-12H2,2-5H3,(H,24,27)/b16-8+/t22-/m1/s1. The van der Waals surface area contributed by atoms with Gasteiger partial charge in [0.1, 0.15) is 0 Å². The Labute approximate surface area is 181 Å². The van der Waals surface area contributed by atoms with Crippen LogP contribution in [0.3, 0.4) is 0 Å². The molecule has 0 spiro atoms. The normalized spacial score (nSPS) is 14.0. The number of sulfone groups is 1. The van der Waals surface area contributed by atoms with Gasteiger partial charge in [-0.2, -0.15) is 0 Å². The van der Waals surface area contributed by atoms with Gasteiger partial charge in [-0.15, -0.1) is 0 Å². The van der Waals surface area contributed by atoms with E-state index in [0.717, 1.165) is 23.0 Å². The second kappa shape index (κ2) is 9.40. The lowest BCUT2D eigenvalue weighted by Gasteiger charge is -2.25. The SMILES string of the molecule is C=C/C(=C\C=C(C)C)c1ccc2c(=O)n(CC[C@](C)(C(=O)NO)S(C)(=O)=O)cnc2c1. The molecular weight excluding hydrogens is 418 g/mol. The van der Waals surface area contributed by atoms with Crippen molar-refractivity contribution in [3.8, 4) is 0 Å². The Morgan fingerprint density at radius 2 is 2.00 bits per heavy atom. The second-order valence-corrected chi connectivity index (χ2v) is 10.2.